The van der Waals surface area contributed by atoms with Crippen LogP contribution in [-0.2, 0) is 4.74 Å². The summed E-state index contributed by atoms with van der Waals surface area (Å²) in [6.07, 6.45) is 7.54. The molecule has 0 unspecified atom stereocenters. The predicted octanol–water partition coefficient (Wildman–Crippen LogP) is 2.47. The maximum Gasteiger partial charge on any atom is 0.0883 e. The van der Waals surface area contributed by atoms with Crippen molar-refractivity contribution in [2.75, 3.05) is 13.2 Å². The van der Waals surface area contributed by atoms with Gasteiger partial charge in [-0.2, -0.15) is 0 Å². The Hall–Kier alpha value is -1.42. The summed E-state index contributed by atoms with van der Waals surface area (Å²) in [5.41, 5.74) is 1.63. The van der Waals surface area contributed by atoms with E-state index in [4.69, 9.17) is 9.94 Å². The molecule has 17 heavy (non-hydrogen) atoms. The molecular weight excluding hydrogens is 216 g/mol. The Morgan fingerprint density at radius 3 is 2.94 bits per heavy atom. The number of pyridine rings is 1. The lowest BCUT2D eigenvalue weighted by atomic mass is 9.92. The van der Waals surface area contributed by atoms with Crippen molar-refractivity contribution in [2.24, 2.45) is 11.1 Å². The number of hydrogen-bond donors (Lipinski definition) is 1. The van der Waals surface area contributed by atoms with Gasteiger partial charge in [0.2, 0.25) is 0 Å². The van der Waals surface area contributed by atoms with Crippen LogP contribution in [0.2, 0.25) is 0 Å². The van der Waals surface area contributed by atoms with Crippen LogP contribution in [-0.4, -0.2) is 29.1 Å². The SMILES string of the molecule is O/N=C(/CCC1CCOCC1)c1cccnc1. The topological polar surface area (TPSA) is 54.7 Å². The van der Waals surface area contributed by atoms with Crippen molar-refractivity contribution in [1.82, 2.24) is 4.98 Å². The predicted molar refractivity (Wildman–Crippen MR) is 65.3 cm³/mol. The second-order valence-electron chi connectivity index (χ2n) is 4.38. The molecule has 1 aromatic heterocycles. The summed E-state index contributed by atoms with van der Waals surface area (Å²) in [6, 6.07) is 3.78. The molecule has 0 atom stereocenters. The van der Waals surface area contributed by atoms with Gasteiger partial charge in [-0.1, -0.05) is 5.16 Å². The Morgan fingerprint density at radius 2 is 2.29 bits per heavy atom. The van der Waals surface area contributed by atoms with E-state index in [1.54, 1.807) is 12.4 Å². The lowest BCUT2D eigenvalue weighted by molar-refractivity contribution is 0.0645. The van der Waals surface area contributed by atoms with E-state index in [0.29, 0.717) is 5.92 Å². The molecule has 1 aliphatic rings. The van der Waals surface area contributed by atoms with Gasteiger partial charge in [0.05, 0.1) is 5.71 Å². The summed E-state index contributed by atoms with van der Waals surface area (Å²) in [5, 5.41) is 12.4. The molecule has 0 aliphatic carbocycles. The van der Waals surface area contributed by atoms with Gasteiger partial charge < -0.3 is 9.94 Å². The van der Waals surface area contributed by atoms with Crippen molar-refractivity contribution >= 4 is 5.71 Å². The van der Waals surface area contributed by atoms with Gasteiger partial charge in [-0.05, 0) is 43.7 Å². The van der Waals surface area contributed by atoms with Crippen molar-refractivity contribution in [3.05, 3.63) is 30.1 Å². The minimum absolute atomic E-state index is 0.692. The zero-order valence-electron chi connectivity index (χ0n) is 9.88. The van der Waals surface area contributed by atoms with Crippen LogP contribution < -0.4 is 0 Å². The molecule has 0 saturated carbocycles. The van der Waals surface area contributed by atoms with E-state index in [0.717, 1.165) is 50.2 Å². The summed E-state index contributed by atoms with van der Waals surface area (Å²) in [4.78, 5) is 4.04. The third-order valence-corrected chi connectivity index (χ3v) is 3.25. The minimum atomic E-state index is 0.692. The molecule has 0 bridgehead atoms. The third kappa shape index (κ3) is 3.53. The van der Waals surface area contributed by atoms with Gasteiger partial charge in [-0.25, -0.2) is 0 Å². The average Bonchev–Trinajstić information content (AvgIpc) is 2.42. The molecule has 1 aromatic rings. The smallest absolute Gasteiger partial charge is 0.0883 e. The van der Waals surface area contributed by atoms with Gasteiger partial charge in [0, 0.05) is 31.2 Å². The summed E-state index contributed by atoms with van der Waals surface area (Å²) >= 11 is 0. The van der Waals surface area contributed by atoms with E-state index in [2.05, 4.69) is 10.1 Å². The van der Waals surface area contributed by atoms with E-state index >= 15 is 0 Å². The molecule has 92 valence electrons. The Morgan fingerprint density at radius 1 is 1.47 bits per heavy atom. The highest BCUT2D eigenvalue weighted by Gasteiger charge is 2.15. The third-order valence-electron chi connectivity index (χ3n) is 3.25. The second-order valence-corrected chi connectivity index (χ2v) is 4.38. The van der Waals surface area contributed by atoms with Gasteiger partial charge in [0.25, 0.3) is 0 Å². The molecule has 0 amide bonds. The molecular formula is C13H18N2O2. The molecule has 0 aromatic carbocycles. The van der Waals surface area contributed by atoms with Gasteiger partial charge in [-0.3, -0.25) is 4.98 Å². The lowest BCUT2D eigenvalue weighted by Gasteiger charge is -2.21. The summed E-state index contributed by atoms with van der Waals surface area (Å²) in [7, 11) is 0. The first-order valence-corrected chi connectivity index (χ1v) is 6.09. The fourth-order valence-electron chi connectivity index (χ4n) is 2.16. The van der Waals surface area contributed by atoms with E-state index in [1.165, 1.54) is 0 Å². The molecule has 0 spiro atoms. The summed E-state index contributed by atoms with van der Waals surface area (Å²) in [6.45, 7) is 1.73. The Kier molecular flexibility index (Phi) is 4.50. The quantitative estimate of drug-likeness (QED) is 0.494. The van der Waals surface area contributed by atoms with Crippen LogP contribution >= 0.6 is 0 Å². The van der Waals surface area contributed by atoms with Crippen molar-refractivity contribution < 1.29 is 9.94 Å². The van der Waals surface area contributed by atoms with E-state index in [-0.39, 0.29) is 0 Å². The first-order valence-electron chi connectivity index (χ1n) is 6.09. The summed E-state index contributed by atoms with van der Waals surface area (Å²) < 4.78 is 5.33. The fourth-order valence-corrected chi connectivity index (χ4v) is 2.16. The van der Waals surface area contributed by atoms with Gasteiger partial charge >= 0.3 is 0 Å². The van der Waals surface area contributed by atoms with Crippen LogP contribution in [0.5, 0.6) is 0 Å². The summed E-state index contributed by atoms with van der Waals surface area (Å²) in [5.74, 6) is 0.692. The number of oxime groups is 1. The molecule has 1 fully saturated rings. The molecule has 0 radical (unpaired) electrons. The van der Waals surface area contributed by atoms with Gasteiger partial charge in [0.1, 0.15) is 0 Å². The Balaban J connectivity index is 1.88. The van der Waals surface area contributed by atoms with Crippen LogP contribution in [0.25, 0.3) is 0 Å². The molecule has 1 N–H and O–H groups in total. The van der Waals surface area contributed by atoms with Crippen LogP contribution in [0.1, 0.15) is 31.2 Å². The van der Waals surface area contributed by atoms with Crippen molar-refractivity contribution in [1.29, 1.82) is 0 Å². The Bertz CT molecular complexity index is 359. The normalized spacial score (nSPS) is 18.2. The highest BCUT2D eigenvalue weighted by molar-refractivity contribution is 5.99. The molecule has 1 aliphatic heterocycles. The highest BCUT2D eigenvalue weighted by atomic mass is 16.5. The fraction of sp³-hybridized carbons (Fsp3) is 0.538. The first-order chi connectivity index (χ1) is 8.40. The molecule has 4 nitrogen and oxygen atoms in total. The monoisotopic (exact) mass is 234 g/mol. The van der Waals surface area contributed by atoms with E-state index < -0.39 is 0 Å². The van der Waals surface area contributed by atoms with Crippen LogP contribution in [0, 0.1) is 5.92 Å². The second kappa shape index (κ2) is 6.35. The molecule has 4 heteroatoms. The van der Waals surface area contributed by atoms with Gasteiger partial charge in [-0.15, -0.1) is 0 Å². The number of ether oxygens (including phenoxy) is 1. The van der Waals surface area contributed by atoms with Crippen molar-refractivity contribution in [2.45, 2.75) is 25.7 Å². The zero-order valence-corrected chi connectivity index (χ0v) is 9.88. The maximum atomic E-state index is 9.04. The first kappa shape index (κ1) is 12.0. The number of rotatable bonds is 4. The van der Waals surface area contributed by atoms with Crippen molar-refractivity contribution in [3.8, 4) is 0 Å². The Labute approximate surface area is 101 Å². The van der Waals surface area contributed by atoms with Crippen LogP contribution in [0.15, 0.2) is 29.7 Å². The minimum Gasteiger partial charge on any atom is -0.411 e. The maximum absolute atomic E-state index is 9.04. The molecule has 2 rings (SSSR count). The number of nitrogens with zero attached hydrogens (tertiary/aromatic N) is 2. The van der Waals surface area contributed by atoms with E-state index in [9.17, 15) is 0 Å². The molecule has 1 saturated heterocycles. The standard InChI is InChI=1S/C13H18N2O2/c16-15-13(12-2-1-7-14-10-12)4-3-11-5-8-17-9-6-11/h1-2,7,10-11,16H,3-6,8-9H2/b15-13-. The zero-order chi connectivity index (χ0) is 11.9. The lowest BCUT2D eigenvalue weighted by Crippen LogP contribution is -2.16. The van der Waals surface area contributed by atoms with E-state index in [1.807, 2.05) is 12.1 Å². The van der Waals surface area contributed by atoms with Gasteiger partial charge in [0.15, 0.2) is 0 Å². The number of aromatic nitrogens is 1. The number of hydrogen-bond acceptors (Lipinski definition) is 4. The van der Waals surface area contributed by atoms with Crippen LogP contribution in [0.4, 0.5) is 0 Å². The molecule has 2 heterocycles. The largest absolute Gasteiger partial charge is 0.411 e. The van der Waals surface area contributed by atoms with Crippen LogP contribution in [0.3, 0.4) is 0 Å². The highest BCUT2D eigenvalue weighted by Crippen LogP contribution is 2.21. The van der Waals surface area contributed by atoms with Crippen molar-refractivity contribution in [3.63, 3.8) is 0 Å². The average molecular weight is 234 g/mol.